The molecular weight excluding hydrogens is 316 g/mol. The van der Waals surface area contributed by atoms with E-state index in [1.165, 1.54) is 12.1 Å². The summed E-state index contributed by atoms with van der Waals surface area (Å²) >= 11 is 0. The zero-order valence-corrected chi connectivity index (χ0v) is 13.9. The lowest BCUT2D eigenvalue weighted by Crippen LogP contribution is -2.19. The van der Waals surface area contributed by atoms with Crippen LogP contribution in [0.25, 0.3) is 0 Å². The van der Waals surface area contributed by atoms with Gasteiger partial charge in [-0.05, 0) is 44.0 Å². The SMILES string of the molecule is Cc1cc(C)c(S(=O)(=O)Oc2cccc(NC(N)=O)c2)c(C)c1. The highest BCUT2D eigenvalue weighted by molar-refractivity contribution is 7.87. The first-order valence-electron chi connectivity index (χ1n) is 6.88. The van der Waals surface area contributed by atoms with Crippen molar-refractivity contribution in [1.82, 2.24) is 0 Å². The highest BCUT2D eigenvalue weighted by atomic mass is 32.2. The minimum absolute atomic E-state index is 0.0932. The van der Waals surface area contributed by atoms with E-state index < -0.39 is 16.1 Å². The van der Waals surface area contributed by atoms with Crippen molar-refractivity contribution >= 4 is 21.8 Å². The third-order valence-corrected chi connectivity index (χ3v) is 4.72. The molecule has 0 spiro atoms. The van der Waals surface area contributed by atoms with Crippen molar-refractivity contribution in [2.24, 2.45) is 5.73 Å². The fourth-order valence-electron chi connectivity index (χ4n) is 2.50. The second-order valence-electron chi connectivity index (χ2n) is 5.28. The second-order valence-corrected chi connectivity index (χ2v) is 6.77. The van der Waals surface area contributed by atoms with Crippen molar-refractivity contribution in [3.05, 3.63) is 53.1 Å². The van der Waals surface area contributed by atoms with E-state index in [-0.39, 0.29) is 10.6 Å². The van der Waals surface area contributed by atoms with E-state index in [1.54, 1.807) is 38.1 Å². The number of amides is 2. The lowest BCUT2D eigenvalue weighted by molar-refractivity contribution is 0.259. The average molecular weight is 334 g/mol. The summed E-state index contributed by atoms with van der Waals surface area (Å²) in [4.78, 5) is 11.0. The minimum atomic E-state index is -3.98. The predicted octanol–water partition coefficient (Wildman–Crippen LogP) is 2.87. The van der Waals surface area contributed by atoms with Crippen molar-refractivity contribution in [3.63, 3.8) is 0 Å². The normalized spacial score (nSPS) is 11.1. The Labute approximate surface area is 135 Å². The molecule has 0 aliphatic heterocycles. The van der Waals surface area contributed by atoms with Gasteiger partial charge in [0.15, 0.2) is 0 Å². The van der Waals surface area contributed by atoms with Gasteiger partial charge in [-0.15, -0.1) is 0 Å². The molecule has 0 saturated heterocycles. The van der Waals surface area contributed by atoms with Gasteiger partial charge in [0.2, 0.25) is 0 Å². The Balaban J connectivity index is 2.38. The molecule has 6 nitrogen and oxygen atoms in total. The van der Waals surface area contributed by atoms with Crippen LogP contribution in [-0.4, -0.2) is 14.4 Å². The number of benzene rings is 2. The summed E-state index contributed by atoms with van der Waals surface area (Å²) in [6.45, 7) is 5.35. The second kappa shape index (κ2) is 6.29. The largest absolute Gasteiger partial charge is 0.379 e. The van der Waals surface area contributed by atoms with Crippen molar-refractivity contribution in [1.29, 1.82) is 0 Å². The lowest BCUT2D eigenvalue weighted by atomic mass is 10.1. The highest BCUT2D eigenvalue weighted by Crippen LogP contribution is 2.26. The maximum Gasteiger partial charge on any atom is 0.339 e. The molecule has 2 aromatic carbocycles. The van der Waals surface area contributed by atoms with Gasteiger partial charge in [-0.2, -0.15) is 8.42 Å². The van der Waals surface area contributed by atoms with E-state index in [4.69, 9.17) is 9.92 Å². The molecule has 3 N–H and O–H groups in total. The van der Waals surface area contributed by atoms with Crippen molar-refractivity contribution < 1.29 is 17.4 Å². The van der Waals surface area contributed by atoms with E-state index in [1.807, 2.05) is 6.92 Å². The topological polar surface area (TPSA) is 98.5 Å². The molecule has 7 heteroatoms. The molecule has 0 atom stereocenters. The molecule has 0 unspecified atom stereocenters. The van der Waals surface area contributed by atoms with Crippen LogP contribution in [0.2, 0.25) is 0 Å². The third kappa shape index (κ3) is 4.01. The Bertz CT molecular complexity index is 837. The Morgan fingerprint density at radius 2 is 1.70 bits per heavy atom. The van der Waals surface area contributed by atoms with Gasteiger partial charge in [0, 0.05) is 11.8 Å². The third-order valence-electron chi connectivity index (χ3n) is 3.16. The standard InChI is InChI=1S/C16H18N2O4S/c1-10-7-11(2)15(12(3)8-10)23(20,21)22-14-6-4-5-13(9-14)18-16(17)19/h4-9H,1-3H3,(H3,17,18,19). The summed E-state index contributed by atoms with van der Waals surface area (Å²) in [6.07, 6.45) is 0. The molecule has 0 aliphatic carbocycles. The molecule has 0 heterocycles. The number of rotatable bonds is 4. The number of carbonyl (C=O) groups excluding carboxylic acids is 1. The fraction of sp³-hybridized carbons (Fsp3) is 0.188. The average Bonchev–Trinajstić information content (AvgIpc) is 2.35. The lowest BCUT2D eigenvalue weighted by Gasteiger charge is -2.13. The summed E-state index contributed by atoms with van der Waals surface area (Å²) in [5, 5.41) is 2.36. The summed E-state index contributed by atoms with van der Waals surface area (Å²) in [6, 6.07) is 8.85. The first-order valence-corrected chi connectivity index (χ1v) is 8.29. The Morgan fingerprint density at radius 1 is 1.09 bits per heavy atom. The van der Waals surface area contributed by atoms with Crippen LogP contribution in [0.3, 0.4) is 0 Å². The van der Waals surface area contributed by atoms with Crippen LogP contribution in [0.15, 0.2) is 41.3 Å². The van der Waals surface area contributed by atoms with Gasteiger partial charge in [-0.3, -0.25) is 0 Å². The van der Waals surface area contributed by atoms with Crippen LogP contribution in [0, 0.1) is 20.8 Å². The van der Waals surface area contributed by atoms with Crippen LogP contribution >= 0.6 is 0 Å². The minimum Gasteiger partial charge on any atom is -0.379 e. The van der Waals surface area contributed by atoms with E-state index >= 15 is 0 Å². The maximum atomic E-state index is 12.6. The molecule has 23 heavy (non-hydrogen) atoms. The Hall–Kier alpha value is -2.54. The molecule has 0 aromatic heterocycles. The molecule has 2 aromatic rings. The predicted molar refractivity (Wildman–Crippen MR) is 88.1 cm³/mol. The van der Waals surface area contributed by atoms with E-state index in [9.17, 15) is 13.2 Å². The smallest absolute Gasteiger partial charge is 0.339 e. The van der Waals surface area contributed by atoms with E-state index in [2.05, 4.69) is 5.32 Å². The first-order chi connectivity index (χ1) is 10.7. The van der Waals surface area contributed by atoms with Gasteiger partial charge in [-0.1, -0.05) is 23.8 Å². The van der Waals surface area contributed by atoms with Crippen LogP contribution in [0.4, 0.5) is 10.5 Å². The Kier molecular flexibility index (Phi) is 4.60. The number of urea groups is 1. The molecule has 2 rings (SSSR count). The van der Waals surface area contributed by atoms with Gasteiger partial charge in [0.25, 0.3) is 0 Å². The number of aryl methyl sites for hydroxylation is 3. The molecule has 0 radical (unpaired) electrons. The van der Waals surface area contributed by atoms with E-state index in [0.717, 1.165) is 5.56 Å². The zero-order chi connectivity index (χ0) is 17.2. The van der Waals surface area contributed by atoms with Crippen molar-refractivity contribution in [2.75, 3.05) is 5.32 Å². The molecule has 0 bridgehead atoms. The van der Waals surface area contributed by atoms with Crippen LogP contribution < -0.4 is 15.2 Å². The summed E-state index contributed by atoms with van der Waals surface area (Å²) < 4.78 is 30.3. The number of hydrogen-bond donors (Lipinski definition) is 2. The van der Waals surface area contributed by atoms with Gasteiger partial charge in [-0.25, -0.2) is 4.79 Å². The molecular formula is C16H18N2O4S. The van der Waals surface area contributed by atoms with Crippen molar-refractivity contribution in [2.45, 2.75) is 25.7 Å². The van der Waals surface area contributed by atoms with Gasteiger partial charge >= 0.3 is 16.1 Å². The summed E-state index contributed by atoms with van der Waals surface area (Å²) in [7, 11) is -3.98. The quantitative estimate of drug-likeness (QED) is 0.840. The number of nitrogens with one attached hydrogen (secondary N) is 1. The summed E-state index contributed by atoms with van der Waals surface area (Å²) in [5.41, 5.74) is 7.60. The van der Waals surface area contributed by atoms with Gasteiger partial charge in [0.05, 0.1) is 0 Å². The van der Waals surface area contributed by atoms with Gasteiger partial charge in [0.1, 0.15) is 10.6 Å². The molecule has 2 amide bonds. The molecule has 0 aliphatic rings. The van der Waals surface area contributed by atoms with Gasteiger partial charge < -0.3 is 15.2 Å². The number of hydrogen-bond acceptors (Lipinski definition) is 4. The van der Waals surface area contributed by atoms with Crippen LogP contribution in [-0.2, 0) is 10.1 Å². The molecule has 0 fully saturated rings. The summed E-state index contributed by atoms with van der Waals surface area (Å²) in [5.74, 6) is 0.0932. The maximum absolute atomic E-state index is 12.6. The van der Waals surface area contributed by atoms with Crippen LogP contribution in [0.5, 0.6) is 5.75 Å². The Morgan fingerprint density at radius 3 is 2.26 bits per heavy atom. The number of anilines is 1. The number of carbonyl (C=O) groups is 1. The zero-order valence-electron chi connectivity index (χ0n) is 13.1. The molecule has 122 valence electrons. The van der Waals surface area contributed by atoms with Crippen LogP contribution in [0.1, 0.15) is 16.7 Å². The highest BCUT2D eigenvalue weighted by Gasteiger charge is 2.22. The van der Waals surface area contributed by atoms with Crippen molar-refractivity contribution in [3.8, 4) is 5.75 Å². The monoisotopic (exact) mass is 334 g/mol. The number of primary amides is 1. The molecule has 0 saturated carbocycles. The first kappa shape index (κ1) is 16.8. The fourth-order valence-corrected chi connectivity index (χ4v) is 3.84. The number of nitrogens with two attached hydrogens (primary N) is 1. The van der Waals surface area contributed by atoms with E-state index in [0.29, 0.717) is 16.8 Å².